The van der Waals surface area contributed by atoms with E-state index >= 15 is 0 Å². The summed E-state index contributed by atoms with van der Waals surface area (Å²) < 4.78 is 1.39. The van der Waals surface area contributed by atoms with Crippen LogP contribution in [-0.4, -0.2) is 14.8 Å². The Hall–Kier alpha value is -1.80. The van der Waals surface area contributed by atoms with Crippen molar-refractivity contribution < 1.29 is 0 Å². The van der Waals surface area contributed by atoms with Gasteiger partial charge < -0.3 is 0 Å². The highest BCUT2D eigenvalue weighted by atomic mass is 35.5. The minimum absolute atomic E-state index is 0.0471. The van der Waals surface area contributed by atoms with E-state index in [1.54, 1.807) is 13.0 Å². The first-order chi connectivity index (χ1) is 7.13. The average molecular weight is 223 g/mol. The minimum Gasteiger partial charge on any atom is -0.267 e. The SMILES string of the molecule is Cc1cc(Cl)nc2c1c(=O)[nH]n2CC#N. The molecule has 0 amide bonds. The first-order valence-corrected chi connectivity index (χ1v) is 4.64. The topological polar surface area (TPSA) is 74.5 Å². The Morgan fingerprint density at radius 2 is 2.47 bits per heavy atom. The van der Waals surface area contributed by atoms with Crippen LogP contribution in [0.4, 0.5) is 0 Å². The lowest BCUT2D eigenvalue weighted by molar-refractivity contribution is 0.718. The highest BCUT2D eigenvalue weighted by molar-refractivity contribution is 6.29. The fourth-order valence-electron chi connectivity index (χ4n) is 1.51. The third-order valence-corrected chi connectivity index (χ3v) is 2.31. The van der Waals surface area contributed by atoms with Gasteiger partial charge in [-0.3, -0.25) is 14.6 Å². The van der Waals surface area contributed by atoms with Crippen molar-refractivity contribution in [1.29, 1.82) is 5.26 Å². The van der Waals surface area contributed by atoms with Gasteiger partial charge in [0.2, 0.25) is 0 Å². The van der Waals surface area contributed by atoms with E-state index in [2.05, 4.69) is 10.1 Å². The number of nitrogens with zero attached hydrogens (tertiary/aromatic N) is 3. The van der Waals surface area contributed by atoms with Crippen LogP contribution in [0.3, 0.4) is 0 Å². The molecule has 2 aromatic rings. The largest absolute Gasteiger partial charge is 0.273 e. The summed E-state index contributed by atoms with van der Waals surface area (Å²) in [7, 11) is 0. The Morgan fingerprint density at radius 1 is 1.73 bits per heavy atom. The van der Waals surface area contributed by atoms with Crippen molar-refractivity contribution in [3.8, 4) is 6.07 Å². The zero-order valence-corrected chi connectivity index (χ0v) is 8.67. The molecule has 0 aromatic carbocycles. The number of nitriles is 1. The van der Waals surface area contributed by atoms with Crippen molar-refractivity contribution in [2.45, 2.75) is 13.5 Å². The fraction of sp³-hybridized carbons (Fsp3) is 0.222. The normalized spacial score (nSPS) is 10.5. The molecule has 0 aliphatic carbocycles. The predicted molar refractivity (Wildman–Crippen MR) is 55.7 cm³/mol. The van der Waals surface area contributed by atoms with E-state index in [0.717, 1.165) is 5.56 Å². The third kappa shape index (κ3) is 1.49. The van der Waals surface area contributed by atoms with E-state index in [-0.39, 0.29) is 12.1 Å². The van der Waals surface area contributed by atoms with E-state index in [0.29, 0.717) is 16.2 Å². The number of hydrogen-bond donors (Lipinski definition) is 1. The first kappa shape index (κ1) is 9.74. The van der Waals surface area contributed by atoms with Gasteiger partial charge in [0.1, 0.15) is 11.7 Å². The van der Waals surface area contributed by atoms with Crippen molar-refractivity contribution in [3.63, 3.8) is 0 Å². The van der Waals surface area contributed by atoms with Gasteiger partial charge in [0.05, 0.1) is 11.5 Å². The van der Waals surface area contributed by atoms with Gasteiger partial charge in [0, 0.05) is 0 Å². The van der Waals surface area contributed by atoms with Crippen molar-refractivity contribution in [2.75, 3.05) is 0 Å². The third-order valence-electron chi connectivity index (χ3n) is 2.11. The molecule has 2 rings (SSSR count). The smallest absolute Gasteiger partial charge is 0.267 e. The summed E-state index contributed by atoms with van der Waals surface area (Å²) in [5, 5.41) is 11.9. The van der Waals surface area contributed by atoms with Gasteiger partial charge in [-0.05, 0) is 18.6 Å². The molecule has 0 aliphatic rings. The first-order valence-electron chi connectivity index (χ1n) is 4.26. The van der Waals surface area contributed by atoms with E-state index < -0.39 is 0 Å². The molecule has 0 spiro atoms. The van der Waals surface area contributed by atoms with Crippen LogP contribution in [0.1, 0.15) is 5.56 Å². The number of halogens is 1. The molecule has 0 unspecified atom stereocenters. The number of rotatable bonds is 1. The van der Waals surface area contributed by atoms with Crippen LogP contribution in [0.2, 0.25) is 5.15 Å². The quantitative estimate of drug-likeness (QED) is 0.737. The molecule has 0 atom stereocenters. The average Bonchev–Trinajstić information content (AvgIpc) is 2.43. The number of pyridine rings is 1. The lowest BCUT2D eigenvalue weighted by Crippen LogP contribution is -2.05. The highest BCUT2D eigenvalue weighted by Gasteiger charge is 2.11. The Bertz CT molecular complexity index is 619. The highest BCUT2D eigenvalue weighted by Crippen LogP contribution is 2.16. The van der Waals surface area contributed by atoms with Crippen LogP contribution in [0, 0.1) is 18.3 Å². The van der Waals surface area contributed by atoms with Crippen LogP contribution >= 0.6 is 11.6 Å². The van der Waals surface area contributed by atoms with Gasteiger partial charge in [-0.15, -0.1) is 0 Å². The molecular formula is C9H7ClN4O. The van der Waals surface area contributed by atoms with Crippen LogP contribution in [-0.2, 0) is 6.54 Å². The van der Waals surface area contributed by atoms with Crippen molar-refractivity contribution >= 4 is 22.6 Å². The molecule has 5 nitrogen and oxygen atoms in total. The maximum atomic E-state index is 11.5. The van der Waals surface area contributed by atoms with E-state index in [1.165, 1.54) is 4.68 Å². The van der Waals surface area contributed by atoms with Crippen LogP contribution in [0.5, 0.6) is 0 Å². The summed E-state index contributed by atoms with van der Waals surface area (Å²) in [5.41, 5.74) is 0.927. The van der Waals surface area contributed by atoms with Gasteiger partial charge in [-0.25, -0.2) is 4.98 Å². The second kappa shape index (κ2) is 3.41. The number of aromatic amines is 1. The second-order valence-electron chi connectivity index (χ2n) is 3.15. The van der Waals surface area contributed by atoms with Crippen LogP contribution in [0.25, 0.3) is 11.0 Å². The standard InChI is InChI=1S/C9H7ClN4O/c1-5-4-6(10)12-8-7(5)9(15)13-14(8)3-2-11/h4H,3H2,1H3,(H,13,15). The molecule has 15 heavy (non-hydrogen) atoms. The lowest BCUT2D eigenvalue weighted by Gasteiger charge is -1.98. The number of fused-ring (bicyclic) bond motifs is 1. The molecule has 1 N–H and O–H groups in total. The Kier molecular flexibility index (Phi) is 2.21. The molecule has 76 valence electrons. The van der Waals surface area contributed by atoms with Crippen molar-refractivity contribution in [3.05, 3.63) is 27.1 Å². The maximum Gasteiger partial charge on any atom is 0.273 e. The van der Waals surface area contributed by atoms with Crippen LogP contribution in [0.15, 0.2) is 10.9 Å². The van der Waals surface area contributed by atoms with Crippen molar-refractivity contribution in [2.24, 2.45) is 0 Å². The Morgan fingerprint density at radius 3 is 3.13 bits per heavy atom. The van der Waals surface area contributed by atoms with E-state index in [9.17, 15) is 4.79 Å². The lowest BCUT2D eigenvalue weighted by atomic mass is 10.2. The summed E-state index contributed by atoms with van der Waals surface area (Å²) in [6.45, 7) is 1.83. The van der Waals surface area contributed by atoms with E-state index in [1.807, 2.05) is 6.07 Å². The summed E-state index contributed by atoms with van der Waals surface area (Å²) >= 11 is 5.78. The molecule has 0 radical (unpaired) electrons. The summed E-state index contributed by atoms with van der Waals surface area (Å²) in [5.74, 6) is 0. The summed E-state index contributed by atoms with van der Waals surface area (Å²) in [6, 6.07) is 3.56. The van der Waals surface area contributed by atoms with Gasteiger partial charge >= 0.3 is 0 Å². The molecule has 0 fully saturated rings. The molecule has 6 heteroatoms. The Balaban J connectivity index is 2.88. The Labute approximate surface area is 89.9 Å². The number of aryl methyl sites for hydroxylation is 1. The van der Waals surface area contributed by atoms with Crippen molar-refractivity contribution in [1.82, 2.24) is 14.8 Å². The number of nitrogens with one attached hydrogen (secondary N) is 1. The molecule has 0 saturated heterocycles. The molecule has 0 aliphatic heterocycles. The van der Waals surface area contributed by atoms with Gasteiger partial charge in [0.25, 0.3) is 5.56 Å². The number of H-pyrrole nitrogens is 1. The molecule has 2 heterocycles. The molecular weight excluding hydrogens is 216 g/mol. The maximum absolute atomic E-state index is 11.5. The zero-order chi connectivity index (χ0) is 11.0. The molecule has 0 saturated carbocycles. The predicted octanol–water partition coefficient (Wildman–Crippen LogP) is 1.21. The van der Waals surface area contributed by atoms with Gasteiger partial charge in [0.15, 0.2) is 5.65 Å². The zero-order valence-electron chi connectivity index (χ0n) is 7.91. The molecule has 0 bridgehead atoms. The minimum atomic E-state index is -0.248. The van der Waals surface area contributed by atoms with E-state index in [4.69, 9.17) is 16.9 Å². The number of hydrogen-bond acceptors (Lipinski definition) is 3. The summed E-state index contributed by atoms with van der Waals surface area (Å²) in [6.07, 6.45) is 0. The van der Waals surface area contributed by atoms with Crippen LogP contribution < -0.4 is 5.56 Å². The number of aromatic nitrogens is 3. The molecule has 2 aromatic heterocycles. The monoisotopic (exact) mass is 222 g/mol. The summed E-state index contributed by atoms with van der Waals surface area (Å²) in [4.78, 5) is 15.6. The fourth-order valence-corrected chi connectivity index (χ4v) is 1.75. The van der Waals surface area contributed by atoms with Gasteiger partial charge in [-0.1, -0.05) is 11.6 Å². The second-order valence-corrected chi connectivity index (χ2v) is 3.53. The van der Waals surface area contributed by atoms with Gasteiger partial charge in [-0.2, -0.15) is 5.26 Å².